The van der Waals surface area contributed by atoms with Crippen LogP contribution in [0.25, 0.3) is 0 Å². The summed E-state index contributed by atoms with van der Waals surface area (Å²) >= 11 is 0. The van der Waals surface area contributed by atoms with Crippen molar-refractivity contribution < 1.29 is 29.2 Å². The number of hydrogen-bond acceptors (Lipinski definition) is 6. The van der Waals surface area contributed by atoms with Gasteiger partial charge in [-0.1, -0.05) is 34.1 Å². The van der Waals surface area contributed by atoms with Crippen molar-refractivity contribution in [1.29, 1.82) is 0 Å². The third kappa shape index (κ3) is 2.10. The highest BCUT2D eigenvalue weighted by Gasteiger charge is 2.71. The number of fused-ring (bicyclic) bond motifs is 1. The van der Waals surface area contributed by atoms with Gasteiger partial charge in [0.05, 0.1) is 7.11 Å². The highest BCUT2D eigenvalue weighted by molar-refractivity contribution is 5.91. The maximum Gasteiger partial charge on any atom is 0.317 e. The number of carbonyl (C=O) groups is 1. The molecule has 1 aromatic rings. The van der Waals surface area contributed by atoms with Gasteiger partial charge in [0.15, 0.2) is 11.5 Å². The predicted molar refractivity (Wildman–Crippen MR) is 103 cm³/mol. The Kier molecular flexibility index (Phi) is 4.17. The van der Waals surface area contributed by atoms with Crippen molar-refractivity contribution in [3.63, 3.8) is 0 Å². The molecule has 1 aliphatic heterocycles. The smallest absolute Gasteiger partial charge is 0.317 e. The zero-order valence-corrected chi connectivity index (χ0v) is 17.5. The molecule has 1 heterocycles. The summed E-state index contributed by atoms with van der Waals surface area (Å²) in [7, 11) is 3.13. The van der Waals surface area contributed by atoms with E-state index in [1.807, 2.05) is 13.8 Å². The fourth-order valence-electron chi connectivity index (χ4n) is 6.31. The van der Waals surface area contributed by atoms with Gasteiger partial charge >= 0.3 is 5.97 Å². The molecule has 0 radical (unpaired) electrons. The third-order valence-corrected chi connectivity index (χ3v) is 7.24. The van der Waals surface area contributed by atoms with E-state index in [4.69, 9.17) is 14.2 Å². The second kappa shape index (κ2) is 6.02. The summed E-state index contributed by atoms with van der Waals surface area (Å²) in [6, 6.07) is 0. The quantitative estimate of drug-likeness (QED) is 0.601. The fraction of sp³-hybridized carbons (Fsp3) is 0.682. The Labute approximate surface area is 165 Å². The average Bonchev–Trinajstić information content (AvgIpc) is 2.87. The second-order valence-corrected chi connectivity index (χ2v) is 9.40. The molecule has 6 nitrogen and oxygen atoms in total. The lowest BCUT2D eigenvalue weighted by Crippen LogP contribution is -2.54. The zero-order valence-electron chi connectivity index (χ0n) is 17.5. The molecule has 2 N–H and O–H groups in total. The number of hydrogen-bond donors (Lipinski definition) is 2. The van der Waals surface area contributed by atoms with Gasteiger partial charge in [-0.15, -0.1) is 0 Å². The maximum atomic E-state index is 13.3. The largest absolute Gasteiger partial charge is 0.504 e. The number of aromatic hydroxyl groups is 2. The Bertz CT molecular complexity index is 842. The van der Waals surface area contributed by atoms with Crippen molar-refractivity contribution >= 4 is 5.97 Å². The van der Waals surface area contributed by atoms with Crippen LogP contribution in [0.4, 0.5) is 0 Å². The van der Waals surface area contributed by atoms with E-state index in [0.29, 0.717) is 28.9 Å². The van der Waals surface area contributed by atoms with Crippen LogP contribution in [0, 0.1) is 11.3 Å². The third-order valence-electron chi connectivity index (χ3n) is 7.24. The molecule has 1 saturated heterocycles. The first-order valence-corrected chi connectivity index (χ1v) is 10.0. The van der Waals surface area contributed by atoms with Gasteiger partial charge < -0.3 is 24.4 Å². The normalized spacial score (nSPS) is 32.7. The number of ether oxygens (including phenoxy) is 3. The first-order chi connectivity index (χ1) is 13.1. The second-order valence-electron chi connectivity index (χ2n) is 9.40. The molecular weight excluding hydrogens is 360 g/mol. The summed E-state index contributed by atoms with van der Waals surface area (Å²) in [5.74, 6) is -0.520. The van der Waals surface area contributed by atoms with Crippen molar-refractivity contribution in [1.82, 2.24) is 0 Å². The molecule has 3 aliphatic rings. The van der Waals surface area contributed by atoms with Crippen molar-refractivity contribution in [2.24, 2.45) is 11.3 Å². The topological polar surface area (TPSA) is 85.2 Å². The first-order valence-electron chi connectivity index (χ1n) is 10.0. The highest BCUT2D eigenvalue weighted by Crippen LogP contribution is 2.68. The van der Waals surface area contributed by atoms with E-state index >= 15 is 0 Å². The standard InChI is InChI=1S/C22H30O6/c1-10(2)11-14(23)15(24)13-12(16(11)26-5)17(27-6)18-19-21(3,4)8-7-9-22(13,19)20(25)28-18/h10,17-19,23-24H,7-9H2,1-6H3/t17-,18+,19-,22-/m0/s1. The molecular formula is C22H30O6. The summed E-state index contributed by atoms with van der Waals surface area (Å²) in [5.41, 5.74) is 0.456. The first kappa shape index (κ1) is 19.4. The molecule has 154 valence electrons. The van der Waals surface area contributed by atoms with Crippen molar-refractivity contribution in [2.45, 2.75) is 70.5 Å². The molecule has 2 fully saturated rings. The summed E-state index contributed by atoms with van der Waals surface area (Å²) in [6.45, 7) is 8.15. The van der Waals surface area contributed by atoms with Gasteiger partial charge in [-0.05, 0) is 24.2 Å². The van der Waals surface area contributed by atoms with Gasteiger partial charge in [-0.2, -0.15) is 0 Å². The number of methoxy groups -OCH3 is 2. The van der Waals surface area contributed by atoms with Crippen LogP contribution in [0.15, 0.2) is 0 Å². The Balaban J connectivity index is 2.15. The van der Waals surface area contributed by atoms with Crippen molar-refractivity contribution in [3.05, 3.63) is 16.7 Å². The molecule has 2 aliphatic carbocycles. The number of rotatable bonds is 3. The zero-order chi connectivity index (χ0) is 20.6. The van der Waals surface area contributed by atoms with Crippen LogP contribution in [-0.2, 0) is 19.7 Å². The highest BCUT2D eigenvalue weighted by atomic mass is 16.6. The van der Waals surface area contributed by atoms with Crippen molar-refractivity contribution in [3.8, 4) is 17.2 Å². The number of phenols is 2. The molecule has 6 heteroatoms. The van der Waals surface area contributed by atoms with E-state index in [1.54, 1.807) is 14.2 Å². The fourth-order valence-corrected chi connectivity index (χ4v) is 6.31. The van der Waals surface area contributed by atoms with Crippen molar-refractivity contribution in [2.75, 3.05) is 14.2 Å². The van der Waals surface area contributed by atoms with Crippen LogP contribution in [0.2, 0.25) is 0 Å². The van der Waals surface area contributed by atoms with Crippen LogP contribution in [-0.4, -0.2) is 36.5 Å². The van der Waals surface area contributed by atoms with E-state index in [2.05, 4.69) is 13.8 Å². The Morgan fingerprint density at radius 3 is 2.39 bits per heavy atom. The summed E-state index contributed by atoms with van der Waals surface area (Å²) < 4.78 is 17.5. The van der Waals surface area contributed by atoms with Gasteiger partial charge in [0.25, 0.3) is 0 Å². The van der Waals surface area contributed by atoms with E-state index in [9.17, 15) is 15.0 Å². The monoisotopic (exact) mass is 390 g/mol. The minimum absolute atomic E-state index is 0.0871. The summed E-state index contributed by atoms with van der Waals surface area (Å²) in [6.07, 6.45) is 1.38. The SMILES string of the molecule is COc1c(C(C)C)c(O)c(O)c2c1[C@H](OC)[C@H]1OC(=O)[C@@]23CCCC(C)(C)[C@H]13. The molecule has 4 atom stereocenters. The number of benzene rings is 1. The molecule has 0 aromatic heterocycles. The van der Waals surface area contributed by atoms with Crippen LogP contribution in [0.1, 0.15) is 75.7 Å². The molecule has 2 bridgehead atoms. The molecule has 0 amide bonds. The average molecular weight is 390 g/mol. The number of phenolic OH excluding ortho intramolecular Hbond substituents is 2. The van der Waals surface area contributed by atoms with Gasteiger partial charge in [0.1, 0.15) is 23.4 Å². The lowest BCUT2D eigenvalue weighted by molar-refractivity contribution is -0.149. The summed E-state index contributed by atoms with van der Waals surface area (Å²) in [4.78, 5) is 13.3. The molecule has 1 aromatic carbocycles. The summed E-state index contributed by atoms with van der Waals surface area (Å²) in [5, 5.41) is 22.1. The molecule has 4 rings (SSSR count). The number of carbonyl (C=O) groups excluding carboxylic acids is 1. The van der Waals surface area contributed by atoms with E-state index in [1.165, 1.54) is 0 Å². The van der Waals surface area contributed by atoms with Crippen LogP contribution >= 0.6 is 0 Å². The maximum absolute atomic E-state index is 13.3. The molecule has 0 unspecified atom stereocenters. The minimum atomic E-state index is -0.985. The lowest BCUT2D eigenvalue weighted by Gasteiger charge is -2.52. The lowest BCUT2D eigenvalue weighted by atomic mass is 9.49. The Hall–Kier alpha value is -1.95. The van der Waals surface area contributed by atoms with Gasteiger partial charge in [-0.3, -0.25) is 4.79 Å². The Morgan fingerprint density at radius 2 is 1.82 bits per heavy atom. The molecule has 1 saturated carbocycles. The van der Waals surface area contributed by atoms with E-state index in [0.717, 1.165) is 12.8 Å². The van der Waals surface area contributed by atoms with Gasteiger partial charge in [0, 0.05) is 29.7 Å². The van der Waals surface area contributed by atoms with Crippen LogP contribution in [0.5, 0.6) is 17.2 Å². The Morgan fingerprint density at radius 1 is 1.14 bits per heavy atom. The predicted octanol–water partition coefficient (Wildman–Crippen LogP) is 3.92. The van der Waals surface area contributed by atoms with Gasteiger partial charge in [-0.25, -0.2) is 0 Å². The number of esters is 1. The van der Waals surface area contributed by atoms with E-state index < -0.39 is 17.6 Å². The molecule has 28 heavy (non-hydrogen) atoms. The van der Waals surface area contributed by atoms with Gasteiger partial charge in [0.2, 0.25) is 0 Å². The minimum Gasteiger partial charge on any atom is -0.504 e. The van der Waals surface area contributed by atoms with E-state index in [-0.39, 0.29) is 34.7 Å². The van der Waals surface area contributed by atoms with Crippen LogP contribution < -0.4 is 4.74 Å². The van der Waals surface area contributed by atoms with Crippen LogP contribution in [0.3, 0.4) is 0 Å². The molecule has 0 spiro atoms.